The summed E-state index contributed by atoms with van der Waals surface area (Å²) in [5.74, 6) is 0.132. The molecule has 21 heavy (non-hydrogen) atoms. The summed E-state index contributed by atoms with van der Waals surface area (Å²) in [7, 11) is 0. The number of hydrogen-bond acceptors (Lipinski definition) is 5. The van der Waals surface area contributed by atoms with E-state index < -0.39 is 0 Å². The van der Waals surface area contributed by atoms with E-state index in [0.29, 0.717) is 26.8 Å². The Morgan fingerprint density at radius 1 is 1.33 bits per heavy atom. The van der Waals surface area contributed by atoms with Gasteiger partial charge in [-0.05, 0) is 40.2 Å². The molecule has 2 aromatic rings. The van der Waals surface area contributed by atoms with Gasteiger partial charge in [-0.3, -0.25) is 0 Å². The Hall–Kier alpha value is -1.44. The van der Waals surface area contributed by atoms with Crippen molar-refractivity contribution in [1.29, 1.82) is 0 Å². The molecule has 0 spiro atoms. The Balaban J connectivity index is 1.85. The zero-order valence-electron chi connectivity index (χ0n) is 10.3. The lowest BCUT2D eigenvalue weighted by molar-refractivity contribution is 0.476. The van der Waals surface area contributed by atoms with Crippen molar-refractivity contribution < 1.29 is 9.50 Å². The van der Waals surface area contributed by atoms with E-state index >= 15 is 0 Å². The number of nitrogens with zero attached hydrogens (tertiary/aromatic N) is 1. The van der Waals surface area contributed by atoms with E-state index in [1.165, 1.54) is 30.1 Å². The third-order valence-corrected chi connectivity index (χ3v) is 4.38. The Labute approximate surface area is 137 Å². The minimum atomic E-state index is -0.335. The number of phenolic OH excluding ortho intramolecular Hbond substituents is 1. The lowest BCUT2D eigenvalue weighted by atomic mass is 10.3. The minimum Gasteiger partial charge on any atom is -0.506 e. The highest BCUT2D eigenvalue weighted by Crippen LogP contribution is 2.40. The van der Waals surface area contributed by atoms with Crippen LogP contribution in [0, 0.1) is 5.82 Å². The van der Waals surface area contributed by atoms with E-state index in [4.69, 9.17) is 11.6 Å². The maximum absolute atomic E-state index is 13.1. The topological polar surface area (TPSA) is 56.6 Å². The number of anilines is 2. The van der Waals surface area contributed by atoms with Crippen LogP contribution in [0.1, 0.15) is 0 Å². The fourth-order valence-electron chi connectivity index (χ4n) is 1.77. The van der Waals surface area contributed by atoms with Crippen LogP contribution in [0.2, 0.25) is 5.02 Å². The highest BCUT2D eigenvalue weighted by Gasteiger charge is 2.18. The molecular formula is C13H8BrClFN3OS. The monoisotopic (exact) mass is 387 g/mol. The molecule has 0 unspecified atom stereocenters. The van der Waals surface area contributed by atoms with Gasteiger partial charge >= 0.3 is 0 Å². The first-order valence-corrected chi connectivity index (χ1v) is 7.74. The van der Waals surface area contributed by atoms with E-state index in [1.54, 1.807) is 12.1 Å². The quantitative estimate of drug-likeness (QED) is 0.483. The number of rotatable bonds is 1. The van der Waals surface area contributed by atoms with Crippen LogP contribution >= 0.6 is 39.5 Å². The number of hydrogen-bond donors (Lipinski definition) is 3. The van der Waals surface area contributed by atoms with Crippen molar-refractivity contribution >= 4 is 56.8 Å². The SMILES string of the molecule is Oc1cc(Cl)cc2c1NC(Nc1ccc(F)cc1Br)=NS2. The second-order valence-electron chi connectivity index (χ2n) is 4.20. The van der Waals surface area contributed by atoms with Crippen molar-refractivity contribution in [2.45, 2.75) is 4.90 Å². The van der Waals surface area contributed by atoms with Gasteiger partial charge in [-0.15, -0.1) is 0 Å². The molecule has 0 aromatic heterocycles. The van der Waals surface area contributed by atoms with Gasteiger partial charge in [-0.25, -0.2) is 4.39 Å². The molecule has 0 saturated heterocycles. The van der Waals surface area contributed by atoms with E-state index in [2.05, 4.69) is 31.0 Å². The summed E-state index contributed by atoms with van der Waals surface area (Å²) in [4.78, 5) is 0.726. The molecule has 1 aliphatic rings. The van der Waals surface area contributed by atoms with Crippen LogP contribution in [-0.2, 0) is 0 Å². The van der Waals surface area contributed by atoms with Gasteiger partial charge in [0.25, 0.3) is 0 Å². The molecule has 3 rings (SSSR count). The molecule has 1 aliphatic heterocycles. The Morgan fingerprint density at radius 2 is 2.14 bits per heavy atom. The molecule has 0 atom stereocenters. The summed E-state index contributed by atoms with van der Waals surface area (Å²) in [6.45, 7) is 0. The van der Waals surface area contributed by atoms with Crippen molar-refractivity contribution in [2.75, 3.05) is 10.6 Å². The van der Waals surface area contributed by atoms with Gasteiger partial charge in [0.15, 0.2) is 0 Å². The molecule has 0 fully saturated rings. The summed E-state index contributed by atoms with van der Waals surface area (Å²) in [5, 5.41) is 16.3. The Morgan fingerprint density at radius 3 is 2.90 bits per heavy atom. The first kappa shape index (κ1) is 14.5. The largest absolute Gasteiger partial charge is 0.506 e. The molecule has 0 saturated carbocycles. The Kier molecular flexibility index (Phi) is 3.97. The second kappa shape index (κ2) is 5.75. The fraction of sp³-hybridized carbons (Fsp3) is 0. The van der Waals surface area contributed by atoms with E-state index in [1.807, 2.05) is 0 Å². The third-order valence-electron chi connectivity index (χ3n) is 2.71. The predicted molar refractivity (Wildman–Crippen MR) is 87.8 cm³/mol. The maximum Gasteiger partial charge on any atom is 0.212 e. The highest BCUT2D eigenvalue weighted by molar-refractivity contribution is 9.10. The smallest absolute Gasteiger partial charge is 0.212 e. The standard InChI is InChI=1S/C13H8BrClFN3OS/c14-8-5-7(16)1-2-9(8)17-13-18-12-10(20)3-6(15)4-11(12)21-19-13/h1-5,20H,(H2,17,18,19). The number of halogens is 3. The molecular weight excluding hydrogens is 381 g/mol. The van der Waals surface area contributed by atoms with Crippen molar-refractivity contribution in [3.63, 3.8) is 0 Å². The van der Waals surface area contributed by atoms with Crippen molar-refractivity contribution in [3.05, 3.63) is 45.6 Å². The predicted octanol–water partition coefficient (Wildman–Crippen LogP) is 4.85. The van der Waals surface area contributed by atoms with Crippen LogP contribution in [0.25, 0.3) is 0 Å². The molecule has 1 heterocycles. The van der Waals surface area contributed by atoms with Crippen LogP contribution < -0.4 is 10.6 Å². The lowest BCUT2D eigenvalue weighted by Gasteiger charge is -2.20. The van der Waals surface area contributed by atoms with E-state index in [-0.39, 0.29) is 11.6 Å². The van der Waals surface area contributed by atoms with Crippen LogP contribution in [-0.4, -0.2) is 11.1 Å². The van der Waals surface area contributed by atoms with Gasteiger partial charge in [0.05, 0.1) is 16.3 Å². The average molecular weight is 389 g/mol. The normalized spacial score (nSPS) is 13.2. The second-order valence-corrected chi connectivity index (χ2v) is 6.30. The molecule has 4 nitrogen and oxygen atoms in total. The highest BCUT2D eigenvalue weighted by atomic mass is 79.9. The summed E-state index contributed by atoms with van der Waals surface area (Å²) in [6.07, 6.45) is 0. The van der Waals surface area contributed by atoms with Crippen LogP contribution in [0.5, 0.6) is 5.75 Å². The first-order valence-electron chi connectivity index (χ1n) is 5.79. The van der Waals surface area contributed by atoms with Gasteiger partial charge in [0.2, 0.25) is 5.96 Å². The number of benzene rings is 2. The van der Waals surface area contributed by atoms with Gasteiger partial charge in [0.1, 0.15) is 11.6 Å². The van der Waals surface area contributed by atoms with Crippen LogP contribution in [0.15, 0.2) is 44.1 Å². The number of nitrogens with one attached hydrogen (secondary N) is 2. The maximum atomic E-state index is 13.1. The number of guanidine groups is 1. The Bertz CT molecular complexity index is 756. The summed E-state index contributed by atoms with van der Waals surface area (Å²) in [5.41, 5.74) is 1.18. The zero-order valence-corrected chi connectivity index (χ0v) is 13.5. The molecule has 0 bridgehead atoms. The summed E-state index contributed by atoms with van der Waals surface area (Å²) >= 11 is 10.3. The third kappa shape index (κ3) is 3.09. The van der Waals surface area contributed by atoms with Gasteiger partial charge in [-0.2, -0.15) is 4.40 Å². The number of aromatic hydroxyl groups is 1. The summed E-state index contributed by atoms with van der Waals surface area (Å²) in [6, 6.07) is 7.44. The average Bonchev–Trinajstić information content (AvgIpc) is 2.42. The molecule has 0 aliphatic carbocycles. The minimum absolute atomic E-state index is 0.0392. The molecule has 0 radical (unpaired) electrons. The van der Waals surface area contributed by atoms with Gasteiger partial charge in [-0.1, -0.05) is 11.6 Å². The molecule has 8 heteroatoms. The molecule has 0 amide bonds. The van der Waals surface area contributed by atoms with Crippen LogP contribution in [0.4, 0.5) is 15.8 Å². The van der Waals surface area contributed by atoms with Crippen molar-refractivity contribution in [3.8, 4) is 5.75 Å². The van der Waals surface area contributed by atoms with Gasteiger partial charge < -0.3 is 15.7 Å². The zero-order chi connectivity index (χ0) is 15.0. The number of fused-ring (bicyclic) bond motifs is 1. The van der Waals surface area contributed by atoms with Gasteiger partial charge in [0, 0.05) is 27.5 Å². The van der Waals surface area contributed by atoms with Crippen molar-refractivity contribution in [1.82, 2.24) is 0 Å². The van der Waals surface area contributed by atoms with E-state index in [0.717, 1.165) is 4.90 Å². The fourth-order valence-corrected chi connectivity index (χ4v) is 3.21. The van der Waals surface area contributed by atoms with Crippen LogP contribution in [0.3, 0.4) is 0 Å². The van der Waals surface area contributed by atoms with E-state index in [9.17, 15) is 9.50 Å². The number of phenols is 1. The molecule has 2 aromatic carbocycles. The molecule has 3 N–H and O–H groups in total. The molecule has 108 valence electrons. The first-order chi connectivity index (χ1) is 10.0. The lowest BCUT2D eigenvalue weighted by Crippen LogP contribution is -2.24. The summed E-state index contributed by atoms with van der Waals surface area (Å²) < 4.78 is 17.9. The van der Waals surface area contributed by atoms with Crippen molar-refractivity contribution in [2.24, 2.45) is 4.40 Å².